The standard InChI is InChI=1S/C18H21N3O2SSi/c1-24(22,23)16-9-7-15(8-10-16)21-13-17(25(2,3)4)20-18(21)14-6-5-11-19-12-14/h5-13H,1-4H3. The van der Waals surface area contributed by atoms with E-state index in [1.165, 1.54) is 6.26 Å². The number of hydrogen-bond acceptors (Lipinski definition) is 4. The van der Waals surface area contributed by atoms with E-state index < -0.39 is 17.9 Å². The van der Waals surface area contributed by atoms with Crippen LogP contribution in [0.4, 0.5) is 0 Å². The van der Waals surface area contributed by atoms with E-state index in [0.29, 0.717) is 4.90 Å². The quantitative estimate of drug-likeness (QED) is 0.662. The van der Waals surface area contributed by atoms with Gasteiger partial charge in [-0.3, -0.25) is 9.55 Å². The van der Waals surface area contributed by atoms with E-state index in [2.05, 4.69) is 30.8 Å². The third kappa shape index (κ3) is 3.72. The summed E-state index contributed by atoms with van der Waals surface area (Å²) in [5.41, 5.74) is 1.81. The second kappa shape index (κ2) is 6.23. The van der Waals surface area contributed by atoms with Crippen molar-refractivity contribution in [2.45, 2.75) is 24.5 Å². The van der Waals surface area contributed by atoms with E-state index in [1.54, 1.807) is 24.5 Å². The third-order valence-corrected chi connectivity index (χ3v) is 6.84. The van der Waals surface area contributed by atoms with Crippen LogP contribution in [0.3, 0.4) is 0 Å². The first-order chi connectivity index (χ1) is 11.7. The number of pyridine rings is 1. The molecule has 25 heavy (non-hydrogen) atoms. The summed E-state index contributed by atoms with van der Waals surface area (Å²) in [5.74, 6) is 0.817. The lowest BCUT2D eigenvalue weighted by Crippen LogP contribution is -2.38. The lowest BCUT2D eigenvalue weighted by molar-refractivity contribution is 0.602. The van der Waals surface area contributed by atoms with Crippen LogP contribution in [-0.4, -0.2) is 37.3 Å². The Morgan fingerprint density at radius 3 is 2.24 bits per heavy atom. The smallest absolute Gasteiger partial charge is 0.175 e. The molecule has 2 aromatic heterocycles. The van der Waals surface area contributed by atoms with Crippen LogP contribution in [0.1, 0.15) is 0 Å². The van der Waals surface area contributed by atoms with Gasteiger partial charge in [0.05, 0.1) is 4.90 Å². The van der Waals surface area contributed by atoms with Crippen molar-refractivity contribution in [3.05, 3.63) is 55.0 Å². The second-order valence-corrected chi connectivity index (χ2v) is 14.1. The lowest BCUT2D eigenvalue weighted by atomic mass is 10.2. The lowest BCUT2D eigenvalue weighted by Gasteiger charge is -2.11. The molecule has 130 valence electrons. The molecular weight excluding hydrogens is 350 g/mol. The SMILES string of the molecule is C[Si](C)(C)c1cn(-c2ccc(S(C)(=O)=O)cc2)c(-c2cccnc2)n1. The van der Waals surface area contributed by atoms with Crippen LogP contribution in [0.2, 0.25) is 19.6 Å². The average molecular weight is 372 g/mol. The summed E-state index contributed by atoms with van der Waals surface area (Å²) in [4.78, 5) is 9.37. The number of sulfone groups is 1. The van der Waals surface area contributed by atoms with E-state index in [-0.39, 0.29) is 0 Å². The minimum absolute atomic E-state index is 0.310. The van der Waals surface area contributed by atoms with Gasteiger partial charge in [-0.1, -0.05) is 19.6 Å². The Morgan fingerprint density at radius 1 is 1.04 bits per heavy atom. The van der Waals surface area contributed by atoms with E-state index >= 15 is 0 Å². The highest BCUT2D eigenvalue weighted by molar-refractivity contribution is 7.90. The molecule has 0 bridgehead atoms. The highest BCUT2D eigenvalue weighted by Crippen LogP contribution is 2.22. The Hall–Kier alpha value is -2.25. The van der Waals surface area contributed by atoms with Crippen LogP contribution in [0.15, 0.2) is 59.9 Å². The second-order valence-electron chi connectivity index (χ2n) is 7.08. The molecule has 0 aliphatic carbocycles. The Bertz CT molecular complexity index is 989. The van der Waals surface area contributed by atoms with Gasteiger partial charge in [0.1, 0.15) is 13.9 Å². The van der Waals surface area contributed by atoms with Crippen molar-refractivity contribution in [3.63, 3.8) is 0 Å². The fourth-order valence-corrected chi connectivity index (χ4v) is 4.08. The van der Waals surface area contributed by atoms with Crippen LogP contribution in [-0.2, 0) is 9.84 Å². The van der Waals surface area contributed by atoms with E-state index in [1.807, 2.05) is 28.8 Å². The van der Waals surface area contributed by atoms with Crippen molar-refractivity contribution in [1.82, 2.24) is 14.5 Å². The van der Waals surface area contributed by atoms with Crippen LogP contribution in [0.25, 0.3) is 17.1 Å². The number of benzene rings is 1. The number of nitrogens with zero attached hydrogens (tertiary/aromatic N) is 3. The van der Waals surface area contributed by atoms with Gasteiger partial charge >= 0.3 is 0 Å². The van der Waals surface area contributed by atoms with Crippen LogP contribution < -0.4 is 5.32 Å². The van der Waals surface area contributed by atoms with E-state index in [9.17, 15) is 8.42 Å². The predicted octanol–water partition coefficient (Wildman–Crippen LogP) is 2.88. The zero-order chi connectivity index (χ0) is 18.2. The van der Waals surface area contributed by atoms with Crippen LogP contribution in [0, 0.1) is 0 Å². The van der Waals surface area contributed by atoms with Gasteiger partial charge in [-0.05, 0) is 36.4 Å². The van der Waals surface area contributed by atoms with Crippen molar-refractivity contribution in [2.24, 2.45) is 0 Å². The Labute approximate surface area is 149 Å². The maximum absolute atomic E-state index is 11.7. The van der Waals surface area contributed by atoms with Gasteiger partial charge in [-0.25, -0.2) is 13.4 Å². The zero-order valence-corrected chi connectivity index (χ0v) is 16.6. The van der Waals surface area contributed by atoms with Gasteiger partial charge in [-0.2, -0.15) is 0 Å². The van der Waals surface area contributed by atoms with Crippen molar-refractivity contribution < 1.29 is 8.42 Å². The minimum Gasteiger partial charge on any atom is -0.300 e. The molecule has 0 saturated heterocycles. The van der Waals surface area contributed by atoms with Crippen molar-refractivity contribution in [3.8, 4) is 17.1 Å². The number of imidazole rings is 1. The fourth-order valence-electron chi connectivity index (χ4n) is 2.49. The zero-order valence-electron chi connectivity index (χ0n) is 14.8. The molecule has 0 N–H and O–H groups in total. The summed E-state index contributed by atoms with van der Waals surface area (Å²) in [6.45, 7) is 6.75. The number of aromatic nitrogens is 3. The minimum atomic E-state index is -3.21. The van der Waals surface area contributed by atoms with Gasteiger partial charge in [0.25, 0.3) is 0 Å². The monoisotopic (exact) mass is 371 g/mol. The molecule has 0 spiro atoms. The topological polar surface area (TPSA) is 64.8 Å². The fraction of sp³-hybridized carbons (Fsp3) is 0.222. The first-order valence-electron chi connectivity index (χ1n) is 7.97. The molecular formula is C18H21N3O2SSi. The normalized spacial score (nSPS) is 12.3. The molecule has 3 rings (SSSR count). The Kier molecular flexibility index (Phi) is 4.38. The summed E-state index contributed by atoms with van der Waals surface area (Å²) in [7, 11) is -4.81. The summed E-state index contributed by atoms with van der Waals surface area (Å²) in [6.07, 6.45) is 6.79. The van der Waals surface area contributed by atoms with E-state index in [0.717, 1.165) is 22.4 Å². The highest BCUT2D eigenvalue weighted by Gasteiger charge is 2.23. The van der Waals surface area contributed by atoms with Gasteiger partial charge in [-0.15, -0.1) is 0 Å². The molecule has 0 fully saturated rings. The van der Waals surface area contributed by atoms with Crippen LogP contribution >= 0.6 is 0 Å². The largest absolute Gasteiger partial charge is 0.300 e. The Balaban J connectivity index is 2.16. The van der Waals surface area contributed by atoms with Crippen molar-refractivity contribution in [2.75, 3.05) is 6.26 Å². The Morgan fingerprint density at radius 2 is 1.72 bits per heavy atom. The molecule has 0 radical (unpaired) electrons. The molecule has 0 aliphatic rings. The first-order valence-corrected chi connectivity index (χ1v) is 13.4. The highest BCUT2D eigenvalue weighted by atomic mass is 32.2. The van der Waals surface area contributed by atoms with Gasteiger partial charge in [0.15, 0.2) is 9.84 Å². The molecule has 0 aliphatic heterocycles. The summed E-state index contributed by atoms with van der Waals surface area (Å²) >= 11 is 0. The number of hydrogen-bond donors (Lipinski definition) is 0. The predicted molar refractivity (Wildman–Crippen MR) is 103 cm³/mol. The molecule has 0 saturated carbocycles. The molecule has 0 atom stereocenters. The average Bonchev–Trinajstić information content (AvgIpc) is 3.00. The van der Waals surface area contributed by atoms with Crippen LogP contribution in [0.5, 0.6) is 0 Å². The molecule has 5 nitrogen and oxygen atoms in total. The summed E-state index contributed by atoms with van der Waals surface area (Å²) in [5, 5.41) is 1.10. The molecule has 0 unspecified atom stereocenters. The van der Waals surface area contributed by atoms with E-state index in [4.69, 9.17) is 4.98 Å². The molecule has 2 heterocycles. The first kappa shape index (κ1) is 17.6. The maximum Gasteiger partial charge on any atom is 0.175 e. The van der Waals surface area contributed by atoms with Gasteiger partial charge in [0, 0.05) is 41.4 Å². The van der Waals surface area contributed by atoms with Gasteiger partial charge in [0.2, 0.25) is 0 Å². The van der Waals surface area contributed by atoms with Crippen molar-refractivity contribution >= 4 is 23.2 Å². The summed E-state index contributed by atoms with van der Waals surface area (Å²) in [6, 6.07) is 10.7. The third-order valence-electron chi connectivity index (χ3n) is 3.94. The molecule has 3 aromatic rings. The summed E-state index contributed by atoms with van der Waals surface area (Å²) < 4.78 is 25.4. The molecule has 7 heteroatoms. The maximum atomic E-state index is 11.7. The molecule has 0 amide bonds. The number of rotatable bonds is 4. The van der Waals surface area contributed by atoms with Gasteiger partial charge < -0.3 is 0 Å². The molecule has 1 aromatic carbocycles. The van der Waals surface area contributed by atoms with Crippen molar-refractivity contribution in [1.29, 1.82) is 0 Å².